The first-order valence-corrected chi connectivity index (χ1v) is 8.88. The van der Waals surface area contributed by atoms with E-state index in [1.807, 2.05) is 31.2 Å². The van der Waals surface area contributed by atoms with Gasteiger partial charge in [0.05, 0.1) is 13.7 Å². The van der Waals surface area contributed by atoms with E-state index in [4.69, 9.17) is 9.47 Å². The van der Waals surface area contributed by atoms with Gasteiger partial charge in [0, 0.05) is 23.5 Å². The lowest BCUT2D eigenvalue weighted by Crippen LogP contribution is -2.15. The highest BCUT2D eigenvalue weighted by molar-refractivity contribution is 6.03. The van der Waals surface area contributed by atoms with Crippen LogP contribution in [0.25, 0.3) is 0 Å². The summed E-state index contributed by atoms with van der Waals surface area (Å²) < 4.78 is 10.6. The van der Waals surface area contributed by atoms with Crippen molar-refractivity contribution in [1.82, 2.24) is 9.97 Å². The van der Waals surface area contributed by atoms with Gasteiger partial charge in [-0.25, -0.2) is 9.97 Å². The molecule has 0 aliphatic carbocycles. The van der Waals surface area contributed by atoms with Crippen LogP contribution in [0.3, 0.4) is 0 Å². The molecule has 0 radical (unpaired) electrons. The molecule has 1 heterocycles. The molecule has 1 aromatic heterocycles. The number of methoxy groups -OCH3 is 1. The summed E-state index contributed by atoms with van der Waals surface area (Å²) >= 11 is 0. The lowest BCUT2D eigenvalue weighted by atomic mass is 10.2. The Labute approximate surface area is 163 Å². The Bertz CT molecular complexity index is 958. The standard InChI is InChI=1S/C21H22N4O3/c1-4-28-17-10-8-15(9-11-17)25-21(26)19-13-20(23-14(2)22-19)24-16-6-5-7-18(12-16)27-3/h5-13H,4H2,1-3H3,(H,25,26)(H,22,23,24). The molecule has 2 N–H and O–H groups in total. The second kappa shape index (κ2) is 8.85. The van der Waals surface area contributed by atoms with Crippen molar-refractivity contribution in [2.45, 2.75) is 13.8 Å². The average Bonchev–Trinajstić information content (AvgIpc) is 2.69. The predicted molar refractivity (Wildman–Crippen MR) is 109 cm³/mol. The van der Waals surface area contributed by atoms with Crippen LogP contribution in [-0.4, -0.2) is 29.6 Å². The van der Waals surface area contributed by atoms with Crippen LogP contribution in [-0.2, 0) is 0 Å². The molecule has 7 nitrogen and oxygen atoms in total. The van der Waals surface area contributed by atoms with Crippen LogP contribution in [0.5, 0.6) is 11.5 Å². The molecule has 28 heavy (non-hydrogen) atoms. The predicted octanol–water partition coefficient (Wildman–Crippen LogP) is 4.19. The number of hydrogen-bond acceptors (Lipinski definition) is 6. The normalized spacial score (nSPS) is 10.2. The second-order valence-electron chi connectivity index (χ2n) is 5.95. The molecule has 0 bridgehead atoms. The van der Waals surface area contributed by atoms with Crippen LogP contribution in [0.2, 0.25) is 0 Å². The maximum atomic E-state index is 12.6. The summed E-state index contributed by atoms with van der Waals surface area (Å²) in [6.45, 7) is 4.25. The van der Waals surface area contributed by atoms with Crippen molar-refractivity contribution in [3.63, 3.8) is 0 Å². The number of benzene rings is 2. The van der Waals surface area contributed by atoms with Gasteiger partial charge in [-0.15, -0.1) is 0 Å². The van der Waals surface area contributed by atoms with E-state index < -0.39 is 0 Å². The monoisotopic (exact) mass is 378 g/mol. The SMILES string of the molecule is CCOc1ccc(NC(=O)c2cc(Nc3cccc(OC)c3)nc(C)n2)cc1. The molecule has 3 rings (SSSR count). The van der Waals surface area contributed by atoms with Gasteiger partial charge < -0.3 is 20.1 Å². The molecule has 1 amide bonds. The first-order chi connectivity index (χ1) is 13.6. The molecule has 3 aromatic rings. The number of aryl methyl sites for hydroxylation is 1. The van der Waals surface area contributed by atoms with Crippen molar-refractivity contribution >= 4 is 23.1 Å². The van der Waals surface area contributed by atoms with E-state index in [2.05, 4.69) is 20.6 Å². The van der Waals surface area contributed by atoms with Crippen LogP contribution >= 0.6 is 0 Å². The van der Waals surface area contributed by atoms with Gasteiger partial charge in [0.25, 0.3) is 5.91 Å². The number of rotatable bonds is 7. The second-order valence-corrected chi connectivity index (χ2v) is 5.95. The number of nitrogens with zero attached hydrogens (tertiary/aromatic N) is 2. The van der Waals surface area contributed by atoms with E-state index in [-0.39, 0.29) is 11.6 Å². The van der Waals surface area contributed by atoms with E-state index in [1.54, 1.807) is 44.4 Å². The minimum Gasteiger partial charge on any atom is -0.497 e. The van der Waals surface area contributed by atoms with Gasteiger partial charge in [-0.1, -0.05) is 6.07 Å². The van der Waals surface area contributed by atoms with Crippen LogP contribution in [0.4, 0.5) is 17.2 Å². The fourth-order valence-corrected chi connectivity index (χ4v) is 2.59. The molecule has 0 spiro atoms. The fourth-order valence-electron chi connectivity index (χ4n) is 2.59. The Hall–Kier alpha value is -3.61. The van der Waals surface area contributed by atoms with E-state index >= 15 is 0 Å². The number of amides is 1. The van der Waals surface area contributed by atoms with Crippen molar-refractivity contribution in [1.29, 1.82) is 0 Å². The molecule has 0 saturated heterocycles. The van der Waals surface area contributed by atoms with Gasteiger partial charge in [0.15, 0.2) is 0 Å². The third kappa shape index (κ3) is 4.97. The Balaban J connectivity index is 1.75. The van der Waals surface area contributed by atoms with Crippen molar-refractivity contribution in [3.05, 3.63) is 66.1 Å². The van der Waals surface area contributed by atoms with E-state index in [1.165, 1.54) is 0 Å². The van der Waals surface area contributed by atoms with E-state index in [0.29, 0.717) is 23.9 Å². The number of carbonyl (C=O) groups excluding carboxylic acids is 1. The van der Waals surface area contributed by atoms with Crippen molar-refractivity contribution in [2.24, 2.45) is 0 Å². The number of anilines is 3. The molecular formula is C21H22N4O3. The Morgan fingerprint density at radius 1 is 1.00 bits per heavy atom. The molecule has 0 atom stereocenters. The van der Waals surface area contributed by atoms with Crippen molar-refractivity contribution in [3.8, 4) is 11.5 Å². The van der Waals surface area contributed by atoms with Crippen LogP contribution in [0, 0.1) is 6.92 Å². The highest BCUT2D eigenvalue weighted by Crippen LogP contribution is 2.21. The zero-order chi connectivity index (χ0) is 19.9. The summed E-state index contributed by atoms with van der Waals surface area (Å²) in [6.07, 6.45) is 0. The summed E-state index contributed by atoms with van der Waals surface area (Å²) in [5.41, 5.74) is 1.73. The maximum absolute atomic E-state index is 12.6. The quantitative estimate of drug-likeness (QED) is 0.641. The summed E-state index contributed by atoms with van der Waals surface area (Å²) in [5, 5.41) is 6.00. The molecular weight excluding hydrogens is 356 g/mol. The lowest BCUT2D eigenvalue weighted by molar-refractivity contribution is 0.102. The van der Waals surface area contributed by atoms with Crippen molar-refractivity contribution in [2.75, 3.05) is 24.4 Å². The average molecular weight is 378 g/mol. The third-order valence-electron chi connectivity index (χ3n) is 3.84. The first kappa shape index (κ1) is 19.2. The molecule has 2 aromatic carbocycles. The summed E-state index contributed by atoms with van der Waals surface area (Å²) in [4.78, 5) is 21.2. The van der Waals surface area contributed by atoms with Gasteiger partial charge in [-0.3, -0.25) is 4.79 Å². The molecule has 0 fully saturated rings. The molecule has 7 heteroatoms. The zero-order valence-electron chi connectivity index (χ0n) is 16.0. The van der Waals surface area contributed by atoms with Crippen LogP contribution in [0.1, 0.15) is 23.2 Å². The molecule has 144 valence electrons. The number of ether oxygens (including phenoxy) is 2. The number of carbonyl (C=O) groups is 1. The molecule has 0 aliphatic rings. The number of nitrogens with one attached hydrogen (secondary N) is 2. The van der Waals surface area contributed by atoms with Gasteiger partial charge in [0.2, 0.25) is 0 Å². The lowest BCUT2D eigenvalue weighted by Gasteiger charge is -2.10. The molecule has 0 unspecified atom stereocenters. The topological polar surface area (TPSA) is 85.4 Å². The third-order valence-corrected chi connectivity index (χ3v) is 3.84. The van der Waals surface area contributed by atoms with Gasteiger partial charge in [-0.2, -0.15) is 0 Å². The Morgan fingerprint density at radius 3 is 2.50 bits per heavy atom. The smallest absolute Gasteiger partial charge is 0.274 e. The minimum atomic E-state index is -0.316. The summed E-state index contributed by atoms with van der Waals surface area (Å²) in [5.74, 6) is 2.18. The Kier molecular flexibility index (Phi) is 6.06. The number of aromatic nitrogens is 2. The van der Waals surface area contributed by atoms with Gasteiger partial charge in [-0.05, 0) is 50.2 Å². The first-order valence-electron chi connectivity index (χ1n) is 8.88. The largest absolute Gasteiger partial charge is 0.497 e. The summed E-state index contributed by atoms with van der Waals surface area (Å²) in [7, 11) is 1.61. The van der Waals surface area contributed by atoms with Crippen molar-refractivity contribution < 1.29 is 14.3 Å². The van der Waals surface area contributed by atoms with E-state index in [9.17, 15) is 4.79 Å². The van der Waals surface area contributed by atoms with Crippen LogP contribution < -0.4 is 20.1 Å². The van der Waals surface area contributed by atoms with Gasteiger partial charge >= 0.3 is 0 Å². The van der Waals surface area contributed by atoms with Gasteiger partial charge in [0.1, 0.15) is 28.8 Å². The zero-order valence-corrected chi connectivity index (χ0v) is 16.0. The minimum absolute atomic E-state index is 0.270. The maximum Gasteiger partial charge on any atom is 0.274 e. The number of hydrogen-bond donors (Lipinski definition) is 2. The van der Waals surface area contributed by atoms with Crippen LogP contribution in [0.15, 0.2) is 54.6 Å². The highest BCUT2D eigenvalue weighted by atomic mass is 16.5. The summed E-state index contributed by atoms with van der Waals surface area (Å²) in [6, 6.07) is 16.2. The molecule has 0 saturated carbocycles. The fraction of sp³-hybridized carbons (Fsp3) is 0.190. The Morgan fingerprint density at radius 2 is 1.79 bits per heavy atom. The van der Waals surface area contributed by atoms with E-state index in [0.717, 1.165) is 17.2 Å². The molecule has 0 aliphatic heterocycles. The highest BCUT2D eigenvalue weighted by Gasteiger charge is 2.11.